The minimum Gasteiger partial charge on any atom is -0.308 e. The van der Waals surface area contributed by atoms with Crippen LogP contribution in [0.15, 0.2) is 60.7 Å². The van der Waals surface area contributed by atoms with Gasteiger partial charge < -0.3 is 5.32 Å². The molecule has 0 aliphatic rings. The van der Waals surface area contributed by atoms with Crippen LogP contribution in [0.1, 0.15) is 22.5 Å². The van der Waals surface area contributed by atoms with Gasteiger partial charge >= 0.3 is 0 Å². The first-order valence-electron chi connectivity index (χ1n) is 7.61. The van der Waals surface area contributed by atoms with E-state index in [-0.39, 0.29) is 0 Å². The molecule has 0 radical (unpaired) electrons. The molecule has 0 fully saturated rings. The molecule has 112 valence electrons. The largest absolute Gasteiger partial charge is 0.308 e. The quantitative estimate of drug-likeness (QED) is 0.775. The van der Waals surface area contributed by atoms with Gasteiger partial charge in [0.1, 0.15) is 0 Å². The zero-order valence-electron chi connectivity index (χ0n) is 13.1. The van der Waals surface area contributed by atoms with Gasteiger partial charge in [0.15, 0.2) is 0 Å². The molecule has 1 heterocycles. The Morgan fingerprint density at radius 2 is 1.50 bits per heavy atom. The van der Waals surface area contributed by atoms with Gasteiger partial charge in [-0.25, -0.2) is 4.68 Å². The van der Waals surface area contributed by atoms with E-state index in [1.165, 1.54) is 16.8 Å². The lowest BCUT2D eigenvalue weighted by Gasteiger charge is -2.07. The third-order valence-electron chi connectivity index (χ3n) is 3.92. The van der Waals surface area contributed by atoms with Crippen molar-refractivity contribution in [2.24, 2.45) is 0 Å². The van der Waals surface area contributed by atoms with Crippen molar-refractivity contribution in [3.8, 4) is 5.69 Å². The van der Waals surface area contributed by atoms with E-state index >= 15 is 0 Å². The lowest BCUT2D eigenvalue weighted by atomic mass is 10.2. The molecule has 0 saturated carbocycles. The SMILES string of the molecule is Cc1nn(-c2ccccc2)c(C)c1CNCc1ccccc1. The Morgan fingerprint density at radius 3 is 2.18 bits per heavy atom. The molecule has 0 spiro atoms. The molecule has 0 aliphatic heterocycles. The fraction of sp³-hybridized carbons (Fsp3) is 0.211. The van der Waals surface area contributed by atoms with Crippen molar-refractivity contribution in [2.75, 3.05) is 0 Å². The number of aromatic nitrogens is 2. The lowest BCUT2D eigenvalue weighted by Crippen LogP contribution is -2.13. The molecule has 3 heteroatoms. The number of rotatable bonds is 5. The second kappa shape index (κ2) is 6.58. The lowest BCUT2D eigenvalue weighted by molar-refractivity contribution is 0.687. The zero-order chi connectivity index (χ0) is 15.4. The highest BCUT2D eigenvalue weighted by molar-refractivity contribution is 5.36. The van der Waals surface area contributed by atoms with Crippen LogP contribution in [0.3, 0.4) is 0 Å². The van der Waals surface area contributed by atoms with Crippen molar-refractivity contribution in [1.82, 2.24) is 15.1 Å². The molecule has 0 aliphatic carbocycles. The predicted octanol–water partition coefficient (Wildman–Crippen LogP) is 3.78. The van der Waals surface area contributed by atoms with E-state index in [4.69, 9.17) is 0 Å². The van der Waals surface area contributed by atoms with Crippen molar-refractivity contribution < 1.29 is 0 Å². The molecular formula is C19H21N3. The summed E-state index contributed by atoms with van der Waals surface area (Å²) in [5.74, 6) is 0. The normalized spacial score (nSPS) is 10.8. The number of nitrogens with zero attached hydrogens (tertiary/aromatic N) is 2. The van der Waals surface area contributed by atoms with Crippen LogP contribution in [-0.2, 0) is 13.1 Å². The highest BCUT2D eigenvalue weighted by atomic mass is 15.3. The standard InChI is InChI=1S/C19H21N3/c1-15-19(14-20-13-17-9-5-3-6-10-17)16(2)22(21-15)18-11-7-4-8-12-18/h3-12,20H,13-14H2,1-2H3. The average molecular weight is 291 g/mol. The highest BCUT2D eigenvalue weighted by Gasteiger charge is 2.12. The summed E-state index contributed by atoms with van der Waals surface area (Å²) in [7, 11) is 0. The summed E-state index contributed by atoms with van der Waals surface area (Å²) < 4.78 is 2.02. The summed E-state index contributed by atoms with van der Waals surface area (Å²) in [5.41, 5.74) is 5.97. The molecule has 0 saturated heterocycles. The number of nitrogens with one attached hydrogen (secondary N) is 1. The van der Waals surface area contributed by atoms with Gasteiger partial charge in [-0.3, -0.25) is 0 Å². The van der Waals surface area contributed by atoms with Gasteiger partial charge in [0.2, 0.25) is 0 Å². The van der Waals surface area contributed by atoms with Crippen molar-refractivity contribution in [1.29, 1.82) is 0 Å². The summed E-state index contributed by atoms with van der Waals surface area (Å²) >= 11 is 0. The van der Waals surface area contributed by atoms with Gasteiger partial charge in [0, 0.05) is 24.3 Å². The third kappa shape index (κ3) is 3.10. The van der Waals surface area contributed by atoms with Crippen LogP contribution in [0, 0.1) is 13.8 Å². The maximum atomic E-state index is 4.68. The van der Waals surface area contributed by atoms with Crippen LogP contribution < -0.4 is 5.32 Å². The minimum atomic E-state index is 0.833. The highest BCUT2D eigenvalue weighted by Crippen LogP contribution is 2.17. The van der Waals surface area contributed by atoms with Gasteiger partial charge in [0.05, 0.1) is 11.4 Å². The van der Waals surface area contributed by atoms with Crippen LogP contribution in [0.5, 0.6) is 0 Å². The van der Waals surface area contributed by atoms with Crippen LogP contribution in [0.2, 0.25) is 0 Å². The van der Waals surface area contributed by atoms with Crippen LogP contribution in [-0.4, -0.2) is 9.78 Å². The van der Waals surface area contributed by atoms with Gasteiger partial charge in [-0.2, -0.15) is 5.10 Å². The maximum absolute atomic E-state index is 4.68. The Labute approximate surface area is 131 Å². The Bertz CT molecular complexity index is 730. The van der Waals surface area contributed by atoms with E-state index in [1.807, 2.05) is 28.9 Å². The van der Waals surface area contributed by atoms with Crippen LogP contribution in [0.4, 0.5) is 0 Å². The number of benzene rings is 2. The van der Waals surface area contributed by atoms with E-state index in [0.29, 0.717) is 0 Å². The maximum Gasteiger partial charge on any atom is 0.0648 e. The first kappa shape index (κ1) is 14.5. The van der Waals surface area contributed by atoms with Crippen molar-refractivity contribution >= 4 is 0 Å². The topological polar surface area (TPSA) is 29.9 Å². The van der Waals surface area contributed by atoms with E-state index in [2.05, 4.69) is 60.7 Å². The molecule has 0 amide bonds. The molecule has 22 heavy (non-hydrogen) atoms. The summed E-state index contributed by atoms with van der Waals surface area (Å²) in [6.45, 7) is 5.91. The molecule has 2 aromatic carbocycles. The van der Waals surface area contributed by atoms with Crippen molar-refractivity contribution in [3.05, 3.63) is 83.2 Å². The number of para-hydroxylation sites is 1. The minimum absolute atomic E-state index is 0.833. The molecule has 3 aromatic rings. The van der Waals surface area contributed by atoms with Gasteiger partial charge in [0.25, 0.3) is 0 Å². The van der Waals surface area contributed by atoms with Gasteiger partial charge in [-0.15, -0.1) is 0 Å². The number of hydrogen-bond donors (Lipinski definition) is 1. The molecule has 1 aromatic heterocycles. The molecule has 0 bridgehead atoms. The smallest absolute Gasteiger partial charge is 0.0648 e. The third-order valence-corrected chi connectivity index (χ3v) is 3.92. The molecule has 0 unspecified atom stereocenters. The summed E-state index contributed by atoms with van der Waals surface area (Å²) in [4.78, 5) is 0. The molecule has 0 atom stereocenters. The molecule has 3 rings (SSSR count). The molecule has 1 N–H and O–H groups in total. The van der Waals surface area contributed by atoms with E-state index < -0.39 is 0 Å². The Hall–Kier alpha value is -2.39. The first-order chi connectivity index (χ1) is 10.8. The van der Waals surface area contributed by atoms with Crippen molar-refractivity contribution in [2.45, 2.75) is 26.9 Å². The van der Waals surface area contributed by atoms with E-state index in [0.717, 1.165) is 24.5 Å². The summed E-state index contributed by atoms with van der Waals surface area (Å²) in [5, 5.41) is 8.19. The number of aryl methyl sites for hydroxylation is 1. The Morgan fingerprint density at radius 1 is 0.864 bits per heavy atom. The van der Waals surface area contributed by atoms with Gasteiger partial charge in [-0.05, 0) is 31.5 Å². The van der Waals surface area contributed by atoms with Crippen LogP contribution in [0.25, 0.3) is 5.69 Å². The number of hydrogen-bond acceptors (Lipinski definition) is 2. The fourth-order valence-electron chi connectivity index (χ4n) is 2.68. The predicted molar refractivity (Wildman–Crippen MR) is 90.0 cm³/mol. The van der Waals surface area contributed by atoms with Crippen LogP contribution >= 0.6 is 0 Å². The van der Waals surface area contributed by atoms with Gasteiger partial charge in [-0.1, -0.05) is 48.5 Å². The first-order valence-corrected chi connectivity index (χ1v) is 7.61. The fourth-order valence-corrected chi connectivity index (χ4v) is 2.68. The zero-order valence-corrected chi connectivity index (χ0v) is 13.1. The summed E-state index contributed by atoms with van der Waals surface area (Å²) in [6.07, 6.45) is 0. The Balaban J connectivity index is 1.73. The second-order valence-corrected chi connectivity index (χ2v) is 5.49. The van der Waals surface area contributed by atoms with Crippen molar-refractivity contribution in [3.63, 3.8) is 0 Å². The molecular weight excluding hydrogens is 270 g/mol. The average Bonchev–Trinajstić information content (AvgIpc) is 2.85. The Kier molecular flexibility index (Phi) is 4.35. The monoisotopic (exact) mass is 291 g/mol. The van der Waals surface area contributed by atoms with E-state index in [1.54, 1.807) is 0 Å². The van der Waals surface area contributed by atoms with E-state index in [9.17, 15) is 0 Å². The second-order valence-electron chi connectivity index (χ2n) is 5.49. The summed E-state index contributed by atoms with van der Waals surface area (Å²) in [6, 6.07) is 20.7. The molecule has 3 nitrogen and oxygen atoms in total.